The van der Waals surface area contributed by atoms with Crippen LogP contribution >= 0.6 is 0 Å². The Morgan fingerprint density at radius 1 is 1.29 bits per heavy atom. The summed E-state index contributed by atoms with van der Waals surface area (Å²) in [5, 5.41) is 14.9. The highest BCUT2D eigenvalue weighted by molar-refractivity contribution is 5.97. The zero-order chi connectivity index (χ0) is 15.7. The number of nitrogens with one attached hydrogen (secondary N) is 2. The van der Waals surface area contributed by atoms with Gasteiger partial charge in [0, 0.05) is 5.56 Å². The summed E-state index contributed by atoms with van der Waals surface area (Å²) < 4.78 is 0. The number of likely N-dealkylation sites (N-methyl/N-ethyl adjacent to an activating group) is 1. The van der Waals surface area contributed by atoms with E-state index in [1.165, 1.54) is 0 Å². The molecule has 5 heteroatoms. The molecule has 116 valence electrons. The van der Waals surface area contributed by atoms with Crippen molar-refractivity contribution in [2.75, 3.05) is 13.6 Å². The van der Waals surface area contributed by atoms with Crippen LogP contribution in [0, 0.1) is 0 Å². The summed E-state index contributed by atoms with van der Waals surface area (Å²) >= 11 is 0. The minimum absolute atomic E-state index is 0.315. The highest BCUT2D eigenvalue weighted by Gasteiger charge is 2.21. The van der Waals surface area contributed by atoms with Gasteiger partial charge in [0.15, 0.2) is 0 Å². The Labute approximate surface area is 125 Å². The van der Waals surface area contributed by atoms with Gasteiger partial charge < -0.3 is 15.7 Å². The molecule has 0 aliphatic carbocycles. The number of unbranched alkanes of at least 4 members (excludes halogenated alkanes) is 1. The monoisotopic (exact) mass is 292 g/mol. The summed E-state index contributed by atoms with van der Waals surface area (Å²) in [6.45, 7) is 2.76. The van der Waals surface area contributed by atoms with Crippen molar-refractivity contribution in [1.29, 1.82) is 0 Å². The van der Waals surface area contributed by atoms with E-state index >= 15 is 0 Å². The minimum Gasteiger partial charge on any atom is -0.480 e. The molecule has 1 aromatic carbocycles. The maximum atomic E-state index is 12.3. The lowest BCUT2D eigenvalue weighted by Crippen LogP contribution is -2.41. The van der Waals surface area contributed by atoms with Gasteiger partial charge in [-0.1, -0.05) is 38.0 Å². The fourth-order valence-electron chi connectivity index (χ4n) is 2.12. The van der Waals surface area contributed by atoms with Gasteiger partial charge in [0.2, 0.25) is 0 Å². The SMILES string of the molecule is CCCC[C@H](NC(=O)c1ccccc1CCNC)C(=O)O. The number of aliphatic carboxylic acids is 1. The van der Waals surface area contributed by atoms with Crippen LogP contribution in [0.15, 0.2) is 24.3 Å². The van der Waals surface area contributed by atoms with Crippen LogP contribution in [0.2, 0.25) is 0 Å². The number of hydrogen-bond acceptors (Lipinski definition) is 3. The molecule has 3 N–H and O–H groups in total. The Morgan fingerprint density at radius 2 is 2.00 bits per heavy atom. The Bertz CT molecular complexity index is 474. The van der Waals surface area contributed by atoms with Crippen molar-refractivity contribution in [1.82, 2.24) is 10.6 Å². The van der Waals surface area contributed by atoms with Crippen molar-refractivity contribution in [3.05, 3.63) is 35.4 Å². The first kappa shape index (κ1) is 17.2. The average molecular weight is 292 g/mol. The molecule has 0 spiro atoms. The predicted molar refractivity (Wildman–Crippen MR) is 82.5 cm³/mol. The maximum absolute atomic E-state index is 12.3. The topological polar surface area (TPSA) is 78.4 Å². The van der Waals surface area contributed by atoms with Crippen molar-refractivity contribution in [2.24, 2.45) is 0 Å². The quantitative estimate of drug-likeness (QED) is 0.649. The molecule has 0 aromatic heterocycles. The van der Waals surface area contributed by atoms with E-state index in [1.54, 1.807) is 12.1 Å². The molecular formula is C16H24N2O3. The number of hydrogen-bond donors (Lipinski definition) is 3. The molecule has 21 heavy (non-hydrogen) atoms. The number of carboxylic acid groups (broad SMARTS) is 1. The van der Waals surface area contributed by atoms with Crippen LogP contribution in [0.5, 0.6) is 0 Å². The number of amides is 1. The first-order chi connectivity index (χ1) is 10.1. The van der Waals surface area contributed by atoms with Crippen LogP contribution in [0.3, 0.4) is 0 Å². The summed E-state index contributed by atoms with van der Waals surface area (Å²) in [4.78, 5) is 23.5. The van der Waals surface area contributed by atoms with Crippen LogP contribution in [0.1, 0.15) is 42.1 Å². The zero-order valence-electron chi connectivity index (χ0n) is 12.7. The van der Waals surface area contributed by atoms with Crippen molar-refractivity contribution in [2.45, 2.75) is 38.6 Å². The van der Waals surface area contributed by atoms with E-state index in [1.807, 2.05) is 26.1 Å². The molecule has 1 atom stereocenters. The lowest BCUT2D eigenvalue weighted by Gasteiger charge is -2.16. The summed E-state index contributed by atoms with van der Waals surface area (Å²) in [6, 6.07) is 6.48. The second-order valence-corrected chi connectivity index (χ2v) is 5.02. The van der Waals surface area contributed by atoms with E-state index in [-0.39, 0.29) is 5.91 Å². The molecule has 0 unspecified atom stereocenters. The highest BCUT2D eigenvalue weighted by atomic mass is 16.4. The largest absolute Gasteiger partial charge is 0.480 e. The van der Waals surface area contributed by atoms with E-state index < -0.39 is 12.0 Å². The number of carbonyl (C=O) groups is 2. The van der Waals surface area contributed by atoms with E-state index in [0.29, 0.717) is 12.0 Å². The standard InChI is InChI=1S/C16H24N2O3/c1-3-4-9-14(16(20)21)18-15(19)13-8-6-5-7-12(13)10-11-17-2/h5-8,14,17H,3-4,9-11H2,1-2H3,(H,18,19)(H,20,21)/t14-/m0/s1. The molecule has 0 bridgehead atoms. The van der Waals surface area contributed by atoms with Gasteiger partial charge in [-0.05, 0) is 38.1 Å². The van der Waals surface area contributed by atoms with Crippen molar-refractivity contribution in [3.8, 4) is 0 Å². The first-order valence-electron chi connectivity index (χ1n) is 7.36. The molecule has 0 heterocycles. The molecular weight excluding hydrogens is 268 g/mol. The maximum Gasteiger partial charge on any atom is 0.326 e. The third-order valence-corrected chi connectivity index (χ3v) is 3.36. The van der Waals surface area contributed by atoms with Gasteiger partial charge in [0.25, 0.3) is 5.91 Å². The molecule has 0 aliphatic heterocycles. The highest BCUT2D eigenvalue weighted by Crippen LogP contribution is 2.11. The summed E-state index contributed by atoms with van der Waals surface area (Å²) in [5.41, 5.74) is 1.47. The molecule has 0 fully saturated rings. The van der Waals surface area contributed by atoms with E-state index in [9.17, 15) is 14.7 Å². The van der Waals surface area contributed by atoms with Gasteiger partial charge in [-0.2, -0.15) is 0 Å². The number of carbonyl (C=O) groups excluding carboxylic acids is 1. The van der Waals surface area contributed by atoms with Crippen LogP contribution in [0.4, 0.5) is 0 Å². The van der Waals surface area contributed by atoms with Gasteiger partial charge in [-0.15, -0.1) is 0 Å². The Hall–Kier alpha value is -1.88. The lowest BCUT2D eigenvalue weighted by molar-refractivity contribution is -0.139. The molecule has 0 saturated heterocycles. The van der Waals surface area contributed by atoms with Gasteiger partial charge in [0.05, 0.1) is 0 Å². The van der Waals surface area contributed by atoms with Gasteiger partial charge >= 0.3 is 5.97 Å². The molecule has 0 saturated carbocycles. The zero-order valence-corrected chi connectivity index (χ0v) is 12.7. The summed E-state index contributed by atoms with van der Waals surface area (Å²) in [7, 11) is 1.86. The van der Waals surface area contributed by atoms with Crippen LogP contribution in [-0.4, -0.2) is 36.6 Å². The fraction of sp³-hybridized carbons (Fsp3) is 0.500. The molecule has 0 radical (unpaired) electrons. The Morgan fingerprint density at radius 3 is 2.62 bits per heavy atom. The average Bonchev–Trinajstić information content (AvgIpc) is 2.49. The fourth-order valence-corrected chi connectivity index (χ4v) is 2.12. The van der Waals surface area contributed by atoms with Gasteiger partial charge in [-0.25, -0.2) is 4.79 Å². The van der Waals surface area contributed by atoms with Crippen LogP contribution < -0.4 is 10.6 Å². The third kappa shape index (κ3) is 5.55. The Balaban J connectivity index is 2.79. The molecule has 5 nitrogen and oxygen atoms in total. The smallest absolute Gasteiger partial charge is 0.326 e. The predicted octanol–water partition coefficient (Wildman–Crippen LogP) is 1.82. The summed E-state index contributed by atoms with van der Waals surface area (Å²) in [5.74, 6) is -1.30. The molecule has 1 aromatic rings. The van der Waals surface area contributed by atoms with E-state index in [2.05, 4.69) is 10.6 Å². The second-order valence-electron chi connectivity index (χ2n) is 5.02. The van der Waals surface area contributed by atoms with E-state index in [0.717, 1.165) is 31.4 Å². The number of carboxylic acids is 1. The third-order valence-electron chi connectivity index (χ3n) is 3.36. The molecule has 1 rings (SSSR count). The number of benzene rings is 1. The number of rotatable bonds is 9. The van der Waals surface area contributed by atoms with Crippen LogP contribution in [0.25, 0.3) is 0 Å². The normalized spacial score (nSPS) is 11.9. The Kier molecular flexibility index (Phi) is 7.46. The molecule has 1 amide bonds. The second kappa shape index (κ2) is 9.13. The van der Waals surface area contributed by atoms with Gasteiger partial charge in [0.1, 0.15) is 6.04 Å². The van der Waals surface area contributed by atoms with Crippen molar-refractivity contribution >= 4 is 11.9 Å². The lowest BCUT2D eigenvalue weighted by atomic mass is 10.0. The minimum atomic E-state index is -0.982. The van der Waals surface area contributed by atoms with Crippen molar-refractivity contribution in [3.63, 3.8) is 0 Å². The summed E-state index contributed by atoms with van der Waals surface area (Å²) in [6.07, 6.45) is 2.86. The van der Waals surface area contributed by atoms with Gasteiger partial charge in [-0.3, -0.25) is 4.79 Å². The van der Waals surface area contributed by atoms with E-state index in [4.69, 9.17) is 0 Å². The van der Waals surface area contributed by atoms with Crippen molar-refractivity contribution < 1.29 is 14.7 Å². The first-order valence-corrected chi connectivity index (χ1v) is 7.36. The van der Waals surface area contributed by atoms with Crippen LogP contribution in [-0.2, 0) is 11.2 Å². The molecule has 0 aliphatic rings.